The molecule has 0 aromatic heterocycles. The molecule has 2 aliphatic rings. The second kappa shape index (κ2) is 5.36. The Labute approximate surface area is 128 Å². The van der Waals surface area contributed by atoms with Gasteiger partial charge in [-0.05, 0) is 49.3 Å². The fraction of sp³-hybridized carbons (Fsp3) is 0.611. The van der Waals surface area contributed by atoms with Crippen LogP contribution >= 0.6 is 0 Å². The van der Waals surface area contributed by atoms with Gasteiger partial charge in [-0.15, -0.1) is 0 Å². The van der Waals surface area contributed by atoms with Crippen molar-refractivity contribution in [1.29, 1.82) is 0 Å². The highest BCUT2D eigenvalue weighted by Gasteiger charge is 2.50. The van der Waals surface area contributed by atoms with Gasteiger partial charge in [-0.25, -0.2) is 0 Å². The molecule has 2 atom stereocenters. The maximum absolute atomic E-state index is 6.30. The molecule has 1 aromatic rings. The Kier molecular flexibility index (Phi) is 3.68. The van der Waals surface area contributed by atoms with Crippen LogP contribution in [-0.2, 0) is 0 Å². The third-order valence-electron chi connectivity index (χ3n) is 5.32. The van der Waals surface area contributed by atoms with Gasteiger partial charge in [0.15, 0.2) is 5.96 Å². The molecule has 0 amide bonds. The first kappa shape index (κ1) is 14.4. The summed E-state index contributed by atoms with van der Waals surface area (Å²) in [6, 6.07) is 8.67. The van der Waals surface area contributed by atoms with Crippen LogP contribution in [0.4, 0.5) is 5.69 Å². The summed E-state index contributed by atoms with van der Waals surface area (Å²) in [7, 11) is 0. The molecule has 1 heterocycles. The van der Waals surface area contributed by atoms with Gasteiger partial charge < -0.3 is 10.6 Å². The monoisotopic (exact) mass is 285 g/mol. The van der Waals surface area contributed by atoms with E-state index in [-0.39, 0.29) is 5.54 Å². The molecule has 1 fully saturated rings. The maximum atomic E-state index is 6.30. The second-order valence-electron chi connectivity index (χ2n) is 7.05. The van der Waals surface area contributed by atoms with Crippen LogP contribution in [0.25, 0.3) is 0 Å². The molecule has 0 saturated heterocycles. The van der Waals surface area contributed by atoms with E-state index >= 15 is 0 Å². The highest BCUT2D eigenvalue weighted by Crippen LogP contribution is 2.46. The molecule has 3 nitrogen and oxygen atoms in total. The van der Waals surface area contributed by atoms with Crippen LogP contribution in [0.15, 0.2) is 29.3 Å². The van der Waals surface area contributed by atoms with Gasteiger partial charge >= 0.3 is 0 Å². The molecule has 2 unspecified atom stereocenters. The van der Waals surface area contributed by atoms with Gasteiger partial charge in [0.05, 0.1) is 12.1 Å². The van der Waals surface area contributed by atoms with E-state index in [9.17, 15) is 0 Å². The molecule has 3 rings (SSSR count). The first-order valence-corrected chi connectivity index (χ1v) is 8.21. The number of hydrogen-bond donors (Lipinski definition) is 1. The minimum absolute atomic E-state index is 0.101. The van der Waals surface area contributed by atoms with Crippen molar-refractivity contribution >= 4 is 11.6 Å². The van der Waals surface area contributed by atoms with Crippen LogP contribution in [0, 0.1) is 18.8 Å². The minimum Gasteiger partial charge on any atom is -0.369 e. The number of nitrogens with zero attached hydrogens (tertiary/aromatic N) is 2. The molecule has 1 spiro atoms. The SMILES string of the molecule is Cc1cccc(N2C(N)=NCC23CCCCC3C(C)C)c1. The Morgan fingerprint density at radius 2 is 2.14 bits per heavy atom. The number of rotatable bonds is 2. The lowest BCUT2D eigenvalue weighted by atomic mass is 9.67. The van der Waals surface area contributed by atoms with Gasteiger partial charge in [-0.2, -0.15) is 0 Å². The topological polar surface area (TPSA) is 41.6 Å². The lowest BCUT2D eigenvalue weighted by Gasteiger charge is -2.49. The molecule has 114 valence electrons. The number of aryl methyl sites for hydroxylation is 1. The third kappa shape index (κ3) is 2.33. The molecule has 0 bridgehead atoms. The summed E-state index contributed by atoms with van der Waals surface area (Å²) in [5, 5.41) is 0. The number of nitrogens with two attached hydrogens (primary N) is 1. The number of benzene rings is 1. The number of aliphatic imine (C=N–C) groups is 1. The van der Waals surface area contributed by atoms with Gasteiger partial charge in [-0.3, -0.25) is 4.99 Å². The fourth-order valence-electron chi connectivity index (χ4n) is 4.42. The first-order chi connectivity index (χ1) is 10.0. The van der Waals surface area contributed by atoms with Crippen molar-refractivity contribution in [2.24, 2.45) is 22.6 Å². The highest BCUT2D eigenvalue weighted by molar-refractivity contribution is 5.98. The van der Waals surface area contributed by atoms with E-state index in [0.29, 0.717) is 17.8 Å². The predicted octanol–water partition coefficient (Wildman–Crippen LogP) is 3.71. The summed E-state index contributed by atoms with van der Waals surface area (Å²) in [6.45, 7) is 7.69. The summed E-state index contributed by atoms with van der Waals surface area (Å²) < 4.78 is 0. The summed E-state index contributed by atoms with van der Waals surface area (Å²) in [4.78, 5) is 7.00. The zero-order valence-corrected chi connectivity index (χ0v) is 13.5. The van der Waals surface area contributed by atoms with Crippen molar-refractivity contribution in [3.63, 3.8) is 0 Å². The van der Waals surface area contributed by atoms with Crippen molar-refractivity contribution < 1.29 is 0 Å². The molecular weight excluding hydrogens is 258 g/mol. The van der Waals surface area contributed by atoms with E-state index in [1.54, 1.807) is 0 Å². The number of anilines is 1. The number of guanidine groups is 1. The van der Waals surface area contributed by atoms with Crippen molar-refractivity contribution in [3.05, 3.63) is 29.8 Å². The molecule has 1 aromatic carbocycles. The van der Waals surface area contributed by atoms with E-state index in [4.69, 9.17) is 5.73 Å². The van der Waals surface area contributed by atoms with Crippen molar-refractivity contribution in [2.75, 3.05) is 11.4 Å². The van der Waals surface area contributed by atoms with Crippen LogP contribution in [0.3, 0.4) is 0 Å². The molecule has 1 aliphatic heterocycles. The zero-order chi connectivity index (χ0) is 15.0. The Morgan fingerprint density at radius 3 is 2.86 bits per heavy atom. The average Bonchev–Trinajstić information content (AvgIpc) is 2.76. The van der Waals surface area contributed by atoms with E-state index in [1.807, 2.05) is 0 Å². The van der Waals surface area contributed by atoms with Gasteiger partial charge in [0.2, 0.25) is 0 Å². The maximum Gasteiger partial charge on any atom is 0.196 e. The van der Waals surface area contributed by atoms with E-state index in [1.165, 1.54) is 36.9 Å². The molecule has 21 heavy (non-hydrogen) atoms. The molecule has 1 saturated carbocycles. The molecular formula is C18H27N3. The Bertz CT molecular complexity index is 549. The van der Waals surface area contributed by atoms with Crippen LogP contribution in [-0.4, -0.2) is 18.0 Å². The summed E-state index contributed by atoms with van der Waals surface area (Å²) in [5.74, 6) is 2.03. The van der Waals surface area contributed by atoms with Crippen molar-refractivity contribution in [2.45, 2.75) is 52.0 Å². The lowest BCUT2D eigenvalue weighted by Crippen LogP contribution is -2.59. The molecule has 2 N–H and O–H groups in total. The van der Waals surface area contributed by atoms with Crippen LogP contribution in [0.5, 0.6) is 0 Å². The highest BCUT2D eigenvalue weighted by atomic mass is 15.4. The number of hydrogen-bond acceptors (Lipinski definition) is 3. The summed E-state index contributed by atoms with van der Waals surface area (Å²) in [6.07, 6.45) is 5.12. The standard InChI is InChI=1S/C18H27N3/c1-13(2)16-9-4-5-10-18(16)12-20-17(19)21(18)15-8-6-7-14(3)11-15/h6-8,11,13,16H,4-5,9-10,12H2,1-3H3,(H2,19,20). The van der Waals surface area contributed by atoms with Crippen LogP contribution < -0.4 is 10.6 Å². The molecule has 0 radical (unpaired) electrons. The minimum atomic E-state index is 0.101. The zero-order valence-electron chi connectivity index (χ0n) is 13.5. The second-order valence-corrected chi connectivity index (χ2v) is 7.05. The van der Waals surface area contributed by atoms with E-state index in [0.717, 1.165) is 6.54 Å². The largest absolute Gasteiger partial charge is 0.369 e. The van der Waals surface area contributed by atoms with Crippen LogP contribution in [0.2, 0.25) is 0 Å². The lowest BCUT2D eigenvalue weighted by molar-refractivity contribution is 0.157. The van der Waals surface area contributed by atoms with Gasteiger partial charge in [0, 0.05) is 5.69 Å². The fourth-order valence-corrected chi connectivity index (χ4v) is 4.42. The Hall–Kier alpha value is -1.51. The van der Waals surface area contributed by atoms with Gasteiger partial charge in [-0.1, -0.05) is 38.8 Å². The van der Waals surface area contributed by atoms with Gasteiger partial charge in [0.25, 0.3) is 0 Å². The van der Waals surface area contributed by atoms with Crippen LogP contribution in [0.1, 0.15) is 45.1 Å². The first-order valence-electron chi connectivity index (χ1n) is 8.21. The molecule has 1 aliphatic carbocycles. The van der Waals surface area contributed by atoms with Crippen molar-refractivity contribution in [1.82, 2.24) is 0 Å². The van der Waals surface area contributed by atoms with Crippen molar-refractivity contribution in [3.8, 4) is 0 Å². The molecule has 3 heteroatoms. The Balaban J connectivity index is 2.04. The predicted molar refractivity (Wildman–Crippen MR) is 89.7 cm³/mol. The quantitative estimate of drug-likeness (QED) is 0.900. The Morgan fingerprint density at radius 1 is 1.33 bits per heavy atom. The summed E-state index contributed by atoms with van der Waals surface area (Å²) >= 11 is 0. The van der Waals surface area contributed by atoms with E-state index in [2.05, 4.69) is 54.9 Å². The summed E-state index contributed by atoms with van der Waals surface area (Å²) in [5.41, 5.74) is 8.89. The normalized spacial score (nSPS) is 29.2. The third-order valence-corrected chi connectivity index (χ3v) is 5.32. The van der Waals surface area contributed by atoms with Gasteiger partial charge in [0.1, 0.15) is 0 Å². The average molecular weight is 285 g/mol. The smallest absolute Gasteiger partial charge is 0.196 e. The van der Waals surface area contributed by atoms with E-state index < -0.39 is 0 Å².